The van der Waals surface area contributed by atoms with Crippen LogP contribution in [-0.4, -0.2) is 25.5 Å². The van der Waals surface area contributed by atoms with Crippen LogP contribution in [0.3, 0.4) is 0 Å². The molecule has 2 aromatic carbocycles. The van der Waals surface area contributed by atoms with E-state index >= 15 is 0 Å². The monoisotopic (exact) mass is 330 g/mol. The smallest absolute Gasteiger partial charge is 0.220 e. The van der Waals surface area contributed by atoms with Gasteiger partial charge in [-0.2, -0.15) is 0 Å². The molecule has 1 heterocycles. The van der Waals surface area contributed by atoms with Gasteiger partial charge in [0.15, 0.2) is 0 Å². The van der Waals surface area contributed by atoms with Gasteiger partial charge in [0.2, 0.25) is 5.91 Å². The molecule has 3 nitrogen and oxygen atoms in total. The highest BCUT2D eigenvalue weighted by Crippen LogP contribution is 2.16. The number of carbonyl (C=O) groups excluding carboxylic acids is 1. The molecule has 0 saturated heterocycles. The van der Waals surface area contributed by atoms with Crippen LogP contribution in [-0.2, 0) is 11.2 Å². The van der Waals surface area contributed by atoms with E-state index in [0.717, 1.165) is 25.9 Å². The number of rotatable bonds is 5. The zero-order chi connectivity index (χ0) is 15.2. The fourth-order valence-corrected chi connectivity index (χ4v) is 2.78. The maximum atomic E-state index is 12.0. The third kappa shape index (κ3) is 5.08. The number of carbonyl (C=O) groups is 1. The van der Waals surface area contributed by atoms with Gasteiger partial charge in [0.1, 0.15) is 0 Å². The Labute approximate surface area is 143 Å². The van der Waals surface area contributed by atoms with E-state index in [1.165, 1.54) is 21.9 Å². The molecule has 2 aromatic rings. The Bertz CT molecular complexity index is 697. The molecule has 4 heteroatoms. The Morgan fingerprint density at radius 1 is 1.13 bits per heavy atom. The van der Waals surface area contributed by atoms with Gasteiger partial charge < -0.3 is 10.6 Å². The highest BCUT2D eigenvalue weighted by molar-refractivity contribution is 5.85. The molecule has 0 saturated carbocycles. The number of aryl methyl sites for hydroxylation is 1. The zero-order valence-electron chi connectivity index (χ0n) is 13.2. The molecule has 122 valence electrons. The van der Waals surface area contributed by atoms with Crippen LogP contribution in [0.4, 0.5) is 0 Å². The van der Waals surface area contributed by atoms with Crippen LogP contribution >= 0.6 is 12.4 Å². The summed E-state index contributed by atoms with van der Waals surface area (Å²) in [7, 11) is 0. The fourth-order valence-electron chi connectivity index (χ4n) is 2.78. The normalized spacial score (nSPS) is 14.0. The summed E-state index contributed by atoms with van der Waals surface area (Å²) in [4.78, 5) is 12.0. The quantitative estimate of drug-likeness (QED) is 0.826. The maximum absolute atomic E-state index is 12.0. The van der Waals surface area contributed by atoms with Crippen LogP contribution in [0.1, 0.15) is 18.4 Å². The Balaban J connectivity index is 0.00000192. The van der Waals surface area contributed by atoms with Gasteiger partial charge in [-0.1, -0.05) is 54.1 Å². The average molecular weight is 331 g/mol. The molecule has 0 unspecified atom stereocenters. The predicted molar refractivity (Wildman–Crippen MR) is 98.1 cm³/mol. The van der Waals surface area contributed by atoms with Crippen molar-refractivity contribution in [3.05, 3.63) is 59.7 Å². The van der Waals surface area contributed by atoms with Crippen molar-refractivity contribution in [2.24, 2.45) is 0 Å². The van der Waals surface area contributed by atoms with Crippen molar-refractivity contribution in [3.63, 3.8) is 0 Å². The van der Waals surface area contributed by atoms with Gasteiger partial charge in [0, 0.05) is 19.5 Å². The van der Waals surface area contributed by atoms with Crippen LogP contribution in [0, 0.1) is 0 Å². The zero-order valence-corrected chi connectivity index (χ0v) is 14.0. The lowest BCUT2D eigenvalue weighted by Crippen LogP contribution is -2.29. The largest absolute Gasteiger partial charge is 0.352 e. The number of benzene rings is 2. The second kappa shape index (κ2) is 8.70. The summed E-state index contributed by atoms with van der Waals surface area (Å²) in [6, 6.07) is 14.7. The molecule has 1 aliphatic heterocycles. The summed E-state index contributed by atoms with van der Waals surface area (Å²) in [6.45, 7) is 2.62. The van der Waals surface area contributed by atoms with Crippen molar-refractivity contribution in [1.82, 2.24) is 10.6 Å². The van der Waals surface area contributed by atoms with Crippen LogP contribution in [0.15, 0.2) is 54.1 Å². The van der Waals surface area contributed by atoms with Gasteiger partial charge in [-0.15, -0.1) is 12.4 Å². The number of hydrogen-bond donors (Lipinski definition) is 2. The molecular weight excluding hydrogens is 308 g/mol. The molecule has 0 atom stereocenters. The summed E-state index contributed by atoms with van der Waals surface area (Å²) < 4.78 is 0. The summed E-state index contributed by atoms with van der Waals surface area (Å²) in [5.41, 5.74) is 2.55. The molecular formula is C19H23ClN2O. The van der Waals surface area contributed by atoms with E-state index in [4.69, 9.17) is 0 Å². The van der Waals surface area contributed by atoms with E-state index in [-0.39, 0.29) is 18.3 Å². The molecule has 0 fully saturated rings. The third-order valence-electron chi connectivity index (χ3n) is 4.13. The highest BCUT2D eigenvalue weighted by atomic mass is 35.5. The summed E-state index contributed by atoms with van der Waals surface area (Å²) in [6.07, 6.45) is 4.54. The lowest BCUT2D eigenvalue weighted by molar-refractivity contribution is -0.120. The van der Waals surface area contributed by atoms with Crippen molar-refractivity contribution in [2.75, 3.05) is 19.6 Å². The lowest BCUT2D eigenvalue weighted by Gasteiger charge is -2.14. The van der Waals surface area contributed by atoms with Gasteiger partial charge in [0.25, 0.3) is 0 Å². The Morgan fingerprint density at radius 3 is 2.74 bits per heavy atom. The number of amides is 1. The molecule has 0 spiro atoms. The molecule has 0 aliphatic carbocycles. The molecule has 3 rings (SSSR count). The van der Waals surface area contributed by atoms with E-state index in [1.54, 1.807) is 0 Å². The van der Waals surface area contributed by atoms with E-state index in [1.807, 2.05) is 12.1 Å². The first-order valence-electron chi connectivity index (χ1n) is 7.94. The number of hydrogen-bond acceptors (Lipinski definition) is 2. The van der Waals surface area contributed by atoms with Crippen LogP contribution in [0.2, 0.25) is 0 Å². The molecule has 2 N–H and O–H groups in total. The molecule has 0 aromatic heterocycles. The minimum atomic E-state index is 0. The van der Waals surface area contributed by atoms with Gasteiger partial charge in [-0.25, -0.2) is 0 Å². The first-order valence-corrected chi connectivity index (χ1v) is 7.94. The second-order valence-electron chi connectivity index (χ2n) is 5.77. The molecule has 23 heavy (non-hydrogen) atoms. The van der Waals surface area contributed by atoms with Crippen LogP contribution in [0.5, 0.6) is 0 Å². The Kier molecular flexibility index (Phi) is 6.63. The first kappa shape index (κ1) is 17.5. The van der Waals surface area contributed by atoms with Gasteiger partial charge in [0.05, 0.1) is 0 Å². The number of fused-ring (bicyclic) bond motifs is 1. The fraction of sp³-hybridized carbons (Fsp3) is 0.316. The summed E-state index contributed by atoms with van der Waals surface area (Å²) in [5.74, 6) is 0.132. The maximum Gasteiger partial charge on any atom is 0.220 e. The van der Waals surface area contributed by atoms with Crippen LogP contribution < -0.4 is 10.6 Å². The first-order chi connectivity index (χ1) is 10.8. The van der Waals surface area contributed by atoms with Crippen LogP contribution in [0.25, 0.3) is 10.8 Å². The van der Waals surface area contributed by atoms with Gasteiger partial charge >= 0.3 is 0 Å². The van der Waals surface area contributed by atoms with Gasteiger partial charge in [-0.05, 0) is 35.7 Å². The number of halogens is 1. The average Bonchev–Trinajstić information content (AvgIpc) is 2.59. The summed E-state index contributed by atoms with van der Waals surface area (Å²) in [5, 5.41) is 8.78. The van der Waals surface area contributed by atoms with Crippen molar-refractivity contribution < 1.29 is 4.79 Å². The second-order valence-corrected chi connectivity index (χ2v) is 5.77. The SMILES string of the molecule is Cl.O=C(CCc1ccc2ccccc2c1)NCC1=CCNCC1. The Morgan fingerprint density at radius 2 is 1.96 bits per heavy atom. The lowest BCUT2D eigenvalue weighted by atomic mass is 10.0. The van der Waals surface area contributed by atoms with E-state index < -0.39 is 0 Å². The standard InChI is InChI=1S/C19H22N2O.ClH/c22-19(21-14-16-9-11-20-12-10-16)8-6-15-5-7-17-3-1-2-4-18(17)13-15;/h1-5,7,9,13,20H,6,8,10-12,14H2,(H,21,22);1H. The van der Waals surface area contributed by atoms with Crippen molar-refractivity contribution >= 4 is 29.1 Å². The van der Waals surface area contributed by atoms with Crippen molar-refractivity contribution in [3.8, 4) is 0 Å². The minimum Gasteiger partial charge on any atom is -0.352 e. The van der Waals surface area contributed by atoms with E-state index in [9.17, 15) is 4.79 Å². The number of nitrogens with one attached hydrogen (secondary N) is 2. The third-order valence-corrected chi connectivity index (χ3v) is 4.13. The molecule has 1 aliphatic rings. The Hall–Kier alpha value is -1.84. The highest BCUT2D eigenvalue weighted by Gasteiger charge is 2.06. The summed E-state index contributed by atoms with van der Waals surface area (Å²) >= 11 is 0. The van der Waals surface area contributed by atoms with Gasteiger partial charge in [-0.3, -0.25) is 4.79 Å². The molecule has 0 radical (unpaired) electrons. The van der Waals surface area contributed by atoms with E-state index in [2.05, 4.69) is 47.0 Å². The van der Waals surface area contributed by atoms with Crippen molar-refractivity contribution in [2.45, 2.75) is 19.3 Å². The van der Waals surface area contributed by atoms with Crippen molar-refractivity contribution in [1.29, 1.82) is 0 Å². The minimum absolute atomic E-state index is 0. The molecule has 1 amide bonds. The predicted octanol–water partition coefficient (Wildman–Crippen LogP) is 3.23. The van der Waals surface area contributed by atoms with E-state index in [0.29, 0.717) is 13.0 Å². The molecule has 0 bridgehead atoms. The topological polar surface area (TPSA) is 41.1 Å².